The van der Waals surface area contributed by atoms with Gasteiger partial charge in [-0.3, -0.25) is 9.59 Å². The molecule has 0 spiro atoms. The zero-order valence-corrected chi connectivity index (χ0v) is 15.0. The van der Waals surface area contributed by atoms with Gasteiger partial charge in [-0.2, -0.15) is 0 Å². The summed E-state index contributed by atoms with van der Waals surface area (Å²) in [5.41, 5.74) is 1.44. The van der Waals surface area contributed by atoms with Crippen LogP contribution in [0.15, 0.2) is 42.5 Å². The molecule has 136 valence electrons. The number of hydrogen-bond donors (Lipinski definition) is 2. The third-order valence-corrected chi connectivity index (χ3v) is 4.45. The summed E-state index contributed by atoms with van der Waals surface area (Å²) in [5.74, 6) is 0.595. The summed E-state index contributed by atoms with van der Waals surface area (Å²) in [6, 6.07) is 12.1. The Morgan fingerprint density at radius 3 is 2.65 bits per heavy atom. The standard InChI is InChI=1S/C20H23N3O3/c1-3-23(4-2)12-11-21-19(24)14-9-10-18-16(13-14)22-20(25)15-7-5-6-8-17(15)26-18/h5-10,13H,3-4,11-12H2,1-2H3,(H,21,24)(H,22,25). The number of likely N-dealkylation sites (N-methyl/N-ethyl adjacent to an activating group) is 1. The molecule has 0 aliphatic carbocycles. The van der Waals surface area contributed by atoms with E-state index in [1.54, 1.807) is 36.4 Å². The minimum atomic E-state index is -0.251. The molecule has 1 aliphatic rings. The number of ether oxygens (including phenoxy) is 1. The molecule has 0 fully saturated rings. The van der Waals surface area contributed by atoms with Gasteiger partial charge in [0.15, 0.2) is 5.75 Å². The molecule has 0 bridgehead atoms. The number of anilines is 1. The molecule has 2 aromatic carbocycles. The third-order valence-electron chi connectivity index (χ3n) is 4.45. The predicted molar refractivity (Wildman–Crippen MR) is 101 cm³/mol. The number of hydrogen-bond acceptors (Lipinski definition) is 4. The average Bonchev–Trinajstić information content (AvgIpc) is 2.80. The van der Waals surface area contributed by atoms with E-state index in [0.717, 1.165) is 19.6 Å². The van der Waals surface area contributed by atoms with Gasteiger partial charge in [-0.1, -0.05) is 26.0 Å². The van der Waals surface area contributed by atoms with Gasteiger partial charge in [0.2, 0.25) is 0 Å². The molecule has 0 saturated heterocycles. The molecule has 1 aliphatic heterocycles. The van der Waals surface area contributed by atoms with Crippen LogP contribution in [0.3, 0.4) is 0 Å². The Labute approximate surface area is 153 Å². The van der Waals surface area contributed by atoms with Crippen molar-refractivity contribution in [2.75, 3.05) is 31.5 Å². The smallest absolute Gasteiger partial charge is 0.259 e. The van der Waals surface area contributed by atoms with Gasteiger partial charge in [-0.15, -0.1) is 0 Å². The van der Waals surface area contributed by atoms with Gasteiger partial charge < -0.3 is 20.3 Å². The highest BCUT2D eigenvalue weighted by atomic mass is 16.5. The average molecular weight is 353 g/mol. The molecular formula is C20H23N3O3. The number of nitrogens with one attached hydrogen (secondary N) is 2. The van der Waals surface area contributed by atoms with Crippen LogP contribution < -0.4 is 15.4 Å². The summed E-state index contributed by atoms with van der Waals surface area (Å²) in [6.45, 7) is 7.48. The number of fused-ring (bicyclic) bond motifs is 2. The fourth-order valence-electron chi connectivity index (χ4n) is 2.88. The Hall–Kier alpha value is -2.86. The van der Waals surface area contributed by atoms with Crippen LogP contribution in [-0.2, 0) is 0 Å². The second kappa shape index (κ2) is 8.01. The summed E-state index contributed by atoms with van der Waals surface area (Å²) in [7, 11) is 0. The summed E-state index contributed by atoms with van der Waals surface area (Å²) < 4.78 is 5.83. The summed E-state index contributed by atoms with van der Waals surface area (Å²) >= 11 is 0. The first-order chi connectivity index (χ1) is 12.6. The highest BCUT2D eigenvalue weighted by Crippen LogP contribution is 2.35. The predicted octanol–water partition coefficient (Wildman–Crippen LogP) is 3.12. The first kappa shape index (κ1) is 17.9. The Morgan fingerprint density at radius 1 is 1.12 bits per heavy atom. The van der Waals surface area contributed by atoms with Crippen LogP contribution in [0.4, 0.5) is 5.69 Å². The van der Waals surface area contributed by atoms with Crippen LogP contribution >= 0.6 is 0 Å². The lowest BCUT2D eigenvalue weighted by atomic mass is 10.1. The van der Waals surface area contributed by atoms with E-state index in [0.29, 0.717) is 34.9 Å². The molecule has 0 aromatic heterocycles. The van der Waals surface area contributed by atoms with E-state index in [-0.39, 0.29) is 11.8 Å². The van der Waals surface area contributed by atoms with E-state index >= 15 is 0 Å². The normalized spacial score (nSPS) is 12.5. The molecule has 0 radical (unpaired) electrons. The van der Waals surface area contributed by atoms with Gasteiger partial charge in [-0.05, 0) is 43.4 Å². The molecule has 2 amide bonds. The van der Waals surface area contributed by atoms with Gasteiger partial charge in [0.1, 0.15) is 5.75 Å². The highest BCUT2D eigenvalue weighted by molar-refractivity contribution is 6.08. The Balaban J connectivity index is 1.72. The van der Waals surface area contributed by atoms with Crippen LogP contribution in [0.2, 0.25) is 0 Å². The van der Waals surface area contributed by atoms with Crippen molar-refractivity contribution in [3.8, 4) is 11.5 Å². The minimum Gasteiger partial charge on any atom is -0.454 e. The van der Waals surface area contributed by atoms with Crippen molar-refractivity contribution in [2.24, 2.45) is 0 Å². The lowest BCUT2D eigenvalue weighted by Crippen LogP contribution is -2.34. The number of benzene rings is 2. The Morgan fingerprint density at radius 2 is 1.88 bits per heavy atom. The lowest BCUT2D eigenvalue weighted by Gasteiger charge is -2.18. The molecule has 0 atom stereocenters. The van der Waals surface area contributed by atoms with Crippen molar-refractivity contribution in [3.63, 3.8) is 0 Å². The van der Waals surface area contributed by atoms with Gasteiger partial charge in [0.05, 0.1) is 11.3 Å². The van der Waals surface area contributed by atoms with Crippen LogP contribution in [0.5, 0.6) is 11.5 Å². The van der Waals surface area contributed by atoms with Crippen LogP contribution in [0.25, 0.3) is 0 Å². The van der Waals surface area contributed by atoms with E-state index < -0.39 is 0 Å². The van der Waals surface area contributed by atoms with Crippen molar-refractivity contribution in [3.05, 3.63) is 53.6 Å². The number of rotatable bonds is 6. The lowest BCUT2D eigenvalue weighted by molar-refractivity contribution is 0.0947. The van der Waals surface area contributed by atoms with Crippen molar-refractivity contribution in [2.45, 2.75) is 13.8 Å². The van der Waals surface area contributed by atoms with Crippen LogP contribution in [0.1, 0.15) is 34.6 Å². The van der Waals surface area contributed by atoms with Gasteiger partial charge in [0, 0.05) is 18.7 Å². The van der Waals surface area contributed by atoms with Crippen molar-refractivity contribution >= 4 is 17.5 Å². The number of para-hydroxylation sites is 1. The second-order valence-electron chi connectivity index (χ2n) is 6.05. The highest BCUT2D eigenvalue weighted by Gasteiger charge is 2.21. The number of amides is 2. The fourth-order valence-corrected chi connectivity index (χ4v) is 2.88. The van der Waals surface area contributed by atoms with Crippen LogP contribution in [0, 0.1) is 0 Å². The van der Waals surface area contributed by atoms with Gasteiger partial charge >= 0.3 is 0 Å². The molecule has 1 heterocycles. The van der Waals surface area contributed by atoms with E-state index in [1.807, 2.05) is 6.07 Å². The molecule has 6 heteroatoms. The van der Waals surface area contributed by atoms with Gasteiger partial charge in [0.25, 0.3) is 11.8 Å². The van der Waals surface area contributed by atoms with Crippen LogP contribution in [-0.4, -0.2) is 42.9 Å². The molecular weight excluding hydrogens is 330 g/mol. The number of nitrogens with zero attached hydrogens (tertiary/aromatic N) is 1. The monoisotopic (exact) mass is 353 g/mol. The summed E-state index contributed by atoms with van der Waals surface area (Å²) in [5, 5.41) is 5.73. The quantitative estimate of drug-likeness (QED) is 0.837. The van der Waals surface area contributed by atoms with E-state index in [2.05, 4.69) is 29.4 Å². The minimum absolute atomic E-state index is 0.170. The molecule has 2 aromatic rings. The molecule has 0 unspecified atom stereocenters. The number of carbonyl (C=O) groups excluding carboxylic acids is 2. The fraction of sp³-hybridized carbons (Fsp3) is 0.300. The zero-order valence-electron chi connectivity index (χ0n) is 15.0. The molecule has 0 saturated carbocycles. The summed E-state index contributed by atoms with van der Waals surface area (Å²) in [6.07, 6.45) is 0. The largest absolute Gasteiger partial charge is 0.454 e. The molecule has 3 rings (SSSR count). The topological polar surface area (TPSA) is 70.7 Å². The maximum atomic E-state index is 12.4. The maximum Gasteiger partial charge on any atom is 0.259 e. The molecule has 6 nitrogen and oxygen atoms in total. The van der Waals surface area contributed by atoms with Crippen molar-refractivity contribution < 1.29 is 14.3 Å². The Kier molecular flexibility index (Phi) is 5.53. The van der Waals surface area contributed by atoms with E-state index in [9.17, 15) is 9.59 Å². The Bertz CT molecular complexity index is 816. The van der Waals surface area contributed by atoms with E-state index in [1.165, 1.54) is 0 Å². The molecule has 26 heavy (non-hydrogen) atoms. The van der Waals surface area contributed by atoms with Crippen molar-refractivity contribution in [1.82, 2.24) is 10.2 Å². The molecule has 2 N–H and O–H groups in total. The SMILES string of the molecule is CCN(CC)CCNC(=O)c1ccc2c(c1)NC(=O)c1ccccc1O2. The second-order valence-corrected chi connectivity index (χ2v) is 6.05. The third kappa shape index (κ3) is 3.86. The number of carbonyl (C=O) groups is 2. The first-order valence-electron chi connectivity index (χ1n) is 8.85. The zero-order chi connectivity index (χ0) is 18.5. The maximum absolute atomic E-state index is 12.4. The van der Waals surface area contributed by atoms with E-state index in [4.69, 9.17) is 4.74 Å². The summed E-state index contributed by atoms with van der Waals surface area (Å²) in [4.78, 5) is 27.0. The van der Waals surface area contributed by atoms with Crippen molar-refractivity contribution in [1.29, 1.82) is 0 Å². The van der Waals surface area contributed by atoms with Gasteiger partial charge in [-0.25, -0.2) is 0 Å². The first-order valence-corrected chi connectivity index (χ1v) is 8.85.